The summed E-state index contributed by atoms with van der Waals surface area (Å²) in [6.07, 6.45) is 72.0. The monoisotopic (exact) mass is 965 g/mol. The van der Waals surface area contributed by atoms with Crippen molar-refractivity contribution in [3.8, 4) is 0 Å². The van der Waals surface area contributed by atoms with Gasteiger partial charge in [0.05, 0.1) is 0 Å². The molecule has 0 fully saturated rings. The van der Waals surface area contributed by atoms with E-state index in [0.717, 1.165) is 96.3 Å². The number of ether oxygens (including phenoxy) is 3. The smallest absolute Gasteiger partial charge is 0.306 e. The summed E-state index contributed by atoms with van der Waals surface area (Å²) in [6.45, 7) is 6.60. The summed E-state index contributed by atoms with van der Waals surface area (Å²) in [5.41, 5.74) is 0. The molecule has 0 unspecified atom stereocenters. The van der Waals surface area contributed by atoms with E-state index in [1.165, 1.54) is 167 Å². The van der Waals surface area contributed by atoms with Gasteiger partial charge in [0.15, 0.2) is 6.10 Å². The number of unbranched alkanes of at least 4 members (excludes halogenated alkanes) is 33. The molecular formula is C63H112O6. The lowest BCUT2D eigenvalue weighted by Gasteiger charge is -2.18. The zero-order valence-corrected chi connectivity index (χ0v) is 45.8. The van der Waals surface area contributed by atoms with E-state index in [9.17, 15) is 14.4 Å². The van der Waals surface area contributed by atoms with Crippen LogP contribution in [0.2, 0.25) is 0 Å². The molecule has 0 amide bonds. The van der Waals surface area contributed by atoms with Crippen molar-refractivity contribution < 1.29 is 28.6 Å². The number of rotatable bonds is 54. The predicted molar refractivity (Wildman–Crippen MR) is 298 cm³/mol. The second-order valence-electron chi connectivity index (χ2n) is 19.9. The van der Waals surface area contributed by atoms with Crippen molar-refractivity contribution in [2.24, 2.45) is 0 Å². The highest BCUT2D eigenvalue weighted by Gasteiger charge is 2.19. The minimum absolute atomic E-state index is 0.0821. The van der Waals surface area contributed by atoms with Crippen molar-refractivity contribution in [2.45, 2.75) is 309 Å². The Hall–Kier alpha value is -2.89. The van der Waals surface area contributed by atoms with Crippen LogP contribution in [-0.4, -0.2) is 37.2 Å². The maximum atomic E-state index is 12.9. The van der Waals surface area contributed by atoms with Gasteiger partial charge >= 0.3 is 17.9 Å². The van der Waals surface area contributed by atoms with Crippen LogP contribution in [0.5, 0.6) is 0 Å². The minimum Gasteiger partial charge on any atom is -0.462 e. The van der Waals surface area contributed by atoms with Crippen LogP contribution in [-0.2, 0) is 28.6 Å². The lowest BCUT2D eigenvalue weighted by atomic mass is 10.0. The van der Waals surface area contributed by atoms with E-state index < -0.39 is 6.10 Å². The van der Waals surface area contributed by atoms with Crippen LogP contribution in [0.4, 0.5) is 0 Å². The Bertz CT molecular complexity index is 1250. The lowest BCUT2D eigenvalue weighted by molar-refractivity contribution is -0.167. The SMILES string of the molecule is CCCCC/C=C/C/C=C/C/C=C/CCCCCCC(=O)OC[C@@H](COC(=O)CCCCCCCCCCCCCCCCCCC)OC(=O)CCCCCCCCC/C=C/C/C=C/CCCCC. The number of carbonyl (C=O) groups excluding carboxylic acids is 3. The Morgan fingerprint density at radius 3 is 0.841 bits per heavy atom. The summed E-state index contributed by atoms with van der Waals surface area (Å²) < 4.78 is 16.9. The molecule has 0 radical (unpaired) electrons. The molecule has 0 aliphatic rings. The van der Waals surface area contributed by atoms with Crippen LogP contribution >= 0.6 is 0 Å². The zero-order chi connectivity index (χ0) is 50.0. The van der Waals surface area contributed by atoms with Crippen LogP contribution in [0, 0.1) is 0 Å². The van der Waals surface area contributed by atoms with Gasteiger partial charge in [0.1, 0.15) is 13.2 Å². The van der Waals surface area contributed by atoms with Crippen LogP contribution in [0.15, 0.2) is 60.8 Å². The van der Waals surface area contributed by atoms with Gasteiger partial charge in [-0.2, -0.15) is 0 Å². The van der Waals surface area contributed by atoms with E-state index in [1.54, 1.807) is 0 Å². The van der Waals surface area contributed by atoms with Gasteiger partial charge in [0, 0.05) is 19.3 Å². The summed E-state index contributed by atoms with van der Waals surface area (Å²) >= 11 is 0. The third kappa shape index (κ3) is 55.9. The molecule has 400 valence electrons. The van der Waals surface area contributed by atoms with E-state index in [-0.39, 0.29) is 31.1 Å². The summed E-state index contributed by atoms with van der Waals surface area (Å²) in [6, 6.07) is 0. The van der Waals surface area contributed by atoms with E-state index in [1.807, 2.05) is 0 Å². The molecule has 0 bridgehead atoms. The van der Waals surface area contributed by atoms with E-state index in [4.69, 9.17) is 14.2 Å². The topological polar surface area (TPSA) is 78.9 Å². The molecule has 6 nitrogen and oxygen atoms in total. The van der Waals surface area contributed by atoms with Gasteiger partial charge in [-0.1, -0.05) is 255 Å². The Balaban J connectivity index is 4.41. The predicted octanol–water partition coefficient (Wildman–Crippen LogP) is 20.0. The molecule has 0 aromatic heterocycles. The zero-order valence-electron chi connectivity index (χ0n) is 45.8. The summed E-state index contributed by atoms with van der Waals surface area (Å²) in [5, 5.41) is 0. The molecule has 0 heterocycles. The fraction of sp³-hybridized carbons (Fsp3) is 0.794. The van der Waals surface area contributed by atoms with Gasteiger partial charge in [-0.25, -0.2) is 0 Å². The average Bonchev–Trinajstić information content (AvgIpc) is 3.35. The van der Waals surface area contributed by atoms with Crippen LogP contribution < -0.4 is 0 Å². The van der Waals surface area contributed by atoms with E-state index in [2.05, 4.69) is 81.5 Å². The van der Waals surface area contributed by atoms with Gasteiger partial charge < -0.3 is 14.2 Å². The Kier molecular flexibility index (Phi) is 55.3. The van der Waals surface area contributed by atoms with Crippen LogP contribution in [0.3, 0.4) is 0 Å². The normalized spacial score (nSPS) is 12.4. The first-order valence-corrected chi connectivity index (χ1v) is 29.8. The first kappa shape index (κ1) is 66.1. The fourth-order valence-electron chi connectivity index (χ4n) is 8.48. The molecule has 6 heteroatoms. The number of hydrogen-bond acceptors (Lipinski definition) is 6. The number of hydrogen-bond donors (Lipinski definition) is 0. The van der Waals surface area contributed by atoms with E-state index in [0.29, 0.717) is 19.3 Å². The number of carbonyl (C=O) groups is 3. The van der Waals surface area contributed by atoms with Crippen molar-refractivity contribution in [2.75, 3.05) is 13.2 Å². The maximum Gasteiger partial charge on any atom is 0.306 e. The van der Waals surface area contributed by atoms with Gasteiger partial charge in [-0.05, 0) is 89.9 Å². The van der Waals surface area contributed by atoms with Crippen LogP contribution in [0.1, 0.15) is 303 Å². The standard InChI is InChI=1S/C63H112O6/c1-4-7-10-13-16-19-22-25-28-31-34-37-40-43-46-49-52-55-61(64)67-58-60(69-63(66)57-54-51-48-45-42-39-36-33-30-27-24-21-18-15-12-9-6-3)59-68-62(65)56-53-50-47-44-41-38-35-32-29-26-23-20-17-14-11-8-5-2/h16,18-19,21,25,27-28,30,34,37,60H,4-15,17,20,22-24,26,29,31-33,35-36,38-59H2,1-3H3/b19-16+,21-18+,28-25+,30-27+,37-34+/t60-/m0/s1. The largest absolute Gasteiger partial charge is 0.462 e. The maximum absolute atomic E-state index is 12.9. The summed E-state index contributed by atoms with van der Waals surface area (Å²) in [7, 11) is 0. The highest BCUT2D eigenvalue weighted by molar-refractivity contribution is 5.71. The molecular weight excluding hydrogens is 853 g/mol. The van der Waals surface area contributed by atoms with Crippen molar-refractivity contribution in [3.63, 3.8) is 0 Å². The average molecular weight is 966 g/mol. The molecule has 0 N–H and O–H groups in total. The third-order valence-corrected chi connectivity index (χ3v) is 13.0. The molecule has 1 atom stereocenters. The number of allylic oxidation sites excluding steroid dienone is 10. The van der Waals surface area contributed by atoms with Crippen LogP contribution in [0.25, 0.3) is 0 Å². The Labute approximate surface area is 428 Å². The fourth-order valence-corrected chi connectivity index (χ4v) is 8.48. The molecule has 0 aliphatic heterocycles. The van der Waals surface area contributed by atoms with Crippen molar-refractivity contribution >= 4 is 17.9 Å². The Morgan fingerprint density at radius 1 is 0.290 bits per heavy atom. The minimum atomic E-state index is -0.787. The second kappa shape index (κ2) is 57.7. The second-order valence-corrected chi connectivity index (χ2v) is 19.9. The summed E-state index contributed by atoms with van der Waals surface area (Å²) in [4.78, 5) is 38.2. The lowest BCUT2D eigenvalue weighted by Crippen LogP contribution is -2.30. The quantitative estimate of drug-likeness (QED) is 0.0262. The highest BCUT2D eigenvalue weighted by Crippen LogP contribution is 2.16. The molecule has 0 saturated carbocycles. The molecule has 69 heavy (non-hydrogen) atoms. The van der Waals surface area contributed by atoms with Gasteiger partial charge in [-0.15, -0.1) is 0 Å². The van der Waals surface area contributed by atoms with Gasteiger partial charge in [0.25, 0.3) is 0 Å². The molecule has 0 aliphatic carbocycles. The molecule has 0 spiro atoms. The molecule has 0 aromatic carbocycles. The van der Waals surface area contributed by atoms with Crippen molar-refractivity contribution in [1.29, 1.82) is 0 Å². The summed E-state index contributed by atoms with van der Waals surface area (Å²) in [5.74, 6) is -0.898. The first-order chi connectivity index (χ1) is 34.0. The highest BCUT2D eigenvalue weighted by atomic mass is 16.6. The first-order valence-electron chi connectivity index (χ1n) is 29.8. The number of esters is 3. The van der Waals surface area contributed by atoms with Crippen molar-refractivity contribution in [3.05, 3.63) is 60.8 Å². The molecule has 0 saturated heterocycles. The molecule has 0 aromatic rings. The third-order valence-electron chi connectivity index (χ3n) is 13.0. The molecule has 0 rings (SSSR count). The van der Waals surface area contributed by atoms with Gasteiger partial charge in [0.2, 0.25) is 0 Å². The Morgan fingerprint density at radius 2 is 0.522 bits per heavy atom. The van der Waals surface area contributed by atoms with Crippen molar-refractivity contribution in [1.82, 2.24) is 0 Å². The van der Waals surface area contributed by atoms with E-state index >= 15 is 0 Å². The van der Waals surface area contributed by atoms with Gasteiger partial charge in [-0.3, -0.25) is 14.4 Å².